The predicted octanol–water partition coefficient (Wildman–Crippen LogP) is 4.22. The molecular formula is C31H32FN5O5S2. The number of aromatic nitrogens is 4. The molecule has 10 nitrogen and oxygen atoms in total. The van der Waals surface area contributed by atoms with Gasteiger partial charge in [0.2, 0.25) is 9.84 Å². The first kappa shape index (κ1) is 30.2. The van der Waals surface area contributed by atoms with Gasteiger partial charge in [-0.1, -0.05) is 17.7 Å². The Bertz CT molecular complexity index is 1950. The zero-order valence-corrected chi connectivity index (χ0v) is 25.7. The SMILES string of the molecule is Cc1ccc(S(=O)(=O)c2ncccc2C(=O)NC2CCC(n3c(=O)c4cc(F)cnc4n(C4CCSCC4)c3=O)CC2)cc1. The van der Waals surface area contributed by atoms with Crippen LogP contribution in [0.2, 0.25) is 0 Å². The van der Waals surface area contributed by atoms with Crippen molar-refractivity contribution in [2.45, 2.75) is 73.5 Å². The first-order valence-corrected chi connectivity index (χ1v) is 17.3. The molecule has 1 amide bonds. The molecular weight excluding hydrogens is 606 g/mol. The minimum absolute atomic E-state index is 0.0462. The maximum atomic E-state index is 14.2. The number of nitrogens with zero attached hydrogens (tertiary/aromatic N) is 4. The van der Waals surface area contributed by atoms with Crippen molar-refractivity contribution in [3.8, 4) is 0 Å². The maximum absolute atomic E-state index is 14.2. The number of carbonyl (C=O) groups excluding carboxylic acids is 1. The third-order valence-electron chi connectivity index (χ3n) is 8.48. The van der Waals surface area contributed by atoms with Crippen molar-refractivity contribution in [3.05, 3.63) is 92.6 Å². The first-order valence-electron chi connectivity index (χ1n) is 14.6. The van der Waals surface area contributed by atoms with Crippen LogP contribution in [-0.2, 0) is 9.84 Å². The van der Waals surface area contributed by atoms with E-state index in [1.54, 1.807) is 16.7 Å². The van der Waals surface area contributed by atoms with E-state index >= 15 is 0 Å². The van der Waals surface area contributed by atoms with Crippen molar-refractivity contribution >= 4 is 38.5 Å². The second-order valence-corrected chi connectivity index (χ2v) is 14.4. The summed E-state index contributed by atoms with van der Waals surface area (Å²) in [6, 6.07) is 9.58. The lowest BCUT2D eigenvalue weighted by atomic mass is 9.90. The summed E-state index contributed by atoms with van der Waals surface area (Å²) in [6.07, 6.45) is 5.66. The predicted molar refractivity (Wildman–Crippen MR) is 165 cm³/mol. The minimum Gasteiger partial charge on any atom is -0.349 e. The highest BCUT2D eigenvalue weighted by molar-refractivity contribution is 7.99. The number of aryl methyl sites for hydroxylation is 1. The molecule has 0 spiro atoms. The van der Waals surface area contributed by atoms with Crippen molar-refractivity contribution < 1.29 is 17.6 Å². The van der Waals surface area contributed by atoms with E-state index in [9.17, 15) is 27.2 Å². The topological polar surface area (TPSA) is 133 Å². The Morgan fingerprint density at radius 3 is 2.34 bits per heavy atom. The molecule has 1 N–H and O–H groups in total. The molecule has 2 fully saturated rings. The van der Waals surface area contributed by atoms with Crippen molar-refractivity contribution in [2.75, 3.05) is 11.5 Å². The number of sulfone groups is 1. The molecule has 1 aromatic carbocycles. The average molecular weight is 638 g/mol. The number of rotatable bonds is 6. The van der Waals surface area contributed by atoms with Gasteiger partial charge < -0.3 is 5.32 Å². The minimum atomic E-state index is -4.04. The van der Waals surface area contributed by atoms with Crippen molar-refractivity contribution in [1.29, 1.82) is 0 Å². The summed E-state index contributed by atoms with van der Waals surface area (Å²) in [5.74, 6) is 0.564. The van der Waals surface area contributed by atoms with E-state index in [-0.39, 0.29) is 38.6 Å². The number of carbonyl (C=O) groups is 1. The van der Waals surface area contributed by atoms with Gasteiger partial charge in [0.25, 0.3) is 11.5 Å². The quantitative estimate of drug-likeness (QED) is 0.333. The van der Waals surface area contributed by atoms with Gasteiger partial charge in [-0.15, -0.1) is 0 Å². The van der Waals surface area contributed by atoms with E-state index < -0.39 is 38.9 Å². The molecule has 0 unspecified atom stereocenters. The Morgan fingerprint density at radius 2 is 1.64 bits per heavy atom. The van der Waals surface area contributed by atoms with Crippen molar-refractivity contribution in [1.82, 2.24) is 24.4 Å². The molecule has 0 atom stereocenters. The third kappa shape index (κ3) is 5.70. The molecule has 4 heterocycles. The monoisotopic (exact) mass is 637 g/mol. The number of benzene rings is 1. The number of thioether (sulfide) groups is 1. The summed E-state index contributed by atoms with van der Waals surface area (Å²) in [6.45, 7) is 1.85. The highest BCUT2D eigenvalue weighted by Crippen LogP contribution is 2.31. The number of hydrogen-bond donors (Lipinski definition) is 1. The second-order valence-electron chi connectivity index (χ2n) is 11.3. The zero-order valence-electron chi connectivity index (χ0n) is 24.1. The van der Waals surface area contributed by atoms with Gasteiger partial charge in [-0.05, 0) is 87.3 Å². The summed E-state index contributed by atoms with van der Waals surface area (Å²) in [7, 11) is -4.04. The van der Waals surface area contributed by atoms with Crippen LogP contribution in [0.5, 0.6) is 0 Å². The molecule has 3 aromatic heterocycles. The number of amides is 1. The van der Waals surface area contributed by atoms with Crippen LogP contribution in [0.15, 0.2) is 74.4 Å². The lowest BCUT2D eigenvalue weighted by molar-refractivity contribution is 0.0917. The Balaban J connectivity index is 1.23. The lowest BCUT2D eigenvalue weighted by Gasteiger charge is -2.31. The summed E-state index contributed by atoms with van der Waals surface area (Å²) in [5, 5.41) is 2.70. The smallest absolute Gasteiger partial charge is 0.333 e. The fourth-order valence-electron chi connectivity index (χ4n) is 6.15. The van der Waals surface area contributed by atoms with E-state index in [4.69, 9.17) is 0 Å². The van der Waals surface area contributed by atoms with Crippen LogP contribution >= 0.6 is 11.8 Å². The molecule has 0 radical (unpaired) electrons. The van der Waals surface area contributed by atoms with E-state index in [2.05, 4.69) is 15.3 Å². The first-order chi connectivity index (χ1) is 21.1. The molecule has 1 aliphatic heterocycles. The molecule has 0 bridgehead atoms. The molecule has 13 heteroatoms. The van der Waals surface area contributed by atoms with E-state index in [0.717, 1.165) is 42.2 Å². The van der Waals surface area contributed by atoms with Gasteiger partial charge in [0.15, 0.2) is 5.03 Å². The van der Waals surface area contributed by atoms with Gasteiger partial charge in [-0.2, -0.15) is 11.8 Å². The van der Waals surface area contributed by atoms with Crippen LogP contribution in [0.4, 0.5) is 4.39 Å². The van der Waals surface area contributed by atoms with Crippen LogP contribution in [0, 0.1) is 12.7 Å². The molecule has 6 rings (SSSR count). The van der Waals surface area contributed by atoms with Crippen LogP contribution in [0.25, 0.3) is 11.0 Å². The fraction of sp³-hybridized carbons (Fsp3) is 0.387. The second kappa shape index (κ2) is 12.3. The molecule has 1 aliphatic carbocycles. The Labute approximate surface area is 257 Å². The van der Waals surface area contributed by atoms with Gasteiger partial charge in [0, 0.05) is 24.3 Å². The van der Waals surface area contributed by atoms with Gasteiger partial charge in [0.05, 0.1) is 22.0 Å². The van der Waals surface area contributed by atoms with Crippen molar-refractivity contribution in [2.24, 2.45) is 0 Å². The standard InChI is InChI=1S/C31H32FN5O5S2/c1-19-4-10-24(11-5-19)44(41,42)29-25(3-2-14-33-29)28(38)35-21-6-8-22(9-7-21)37-30(39)26-17-20(32)18-34-27(26)36(31(37)40)23-12-15-43-16-13-23/h2-5,10-11,14,17-18,21-23H,6-9,12-13,15-16H2,1H3,(H,35,38). The van der Waals surface area contributed by atoms with Gasteiger partial charge in [0.1, 0.15) is 11.5 Å². The summed E-state index contributed by atoms with van der Waals surface area (Å²) in [4.78, 5) is 49.0. The summed E-state index contributed by atoms with van der Waals surface area (Å²) in [5.41, 5.74) is 0.0623. The summed E-state index contributed by atoms with van der Waals surface area (Å²) < 4.78 is 43.7. The average Bonchev–Trinajstić information content (AvgIpc) is 3.03. The van der Waals surface area contributed by atoms with E-state index in [0.29, 0.717) is 25.7 Å². The van der Waals surface area contributed by atoms with E-state index in [1.807, 2.05) is 18.7 Å². The Morgan fingerprint density at radius 1 is 0.955 bits per heavy atom. The van der Waals surface area contributed by atoms with Crippen LogP contribution in [0.3, 0.4) is 0 Å². The number of fused-ring (bicyclic) bond motifs is 1. The molecule has 2 aliphatic rings. The number of pyridine rings is 2. The summed E-state index contributed by atoms with van der Waals surface area (Å²) >= 11 is 1.81. The Kier molecular flexibility index (Phi) is 8.42. The molecule has 4 aromatic rings. The zero-order chi connectivity index (χ0) is 31.0. The van der Waals surface area contributed by atoms with E-state index in [1.165, 1.54) is 35.0 Å². The highest BCUT2D eigenvalue weighted by Gasteiger charge is 2.31. The molecule has 1 saturated carbocycles. The number of nitrogens with one attached hydrogen (secondary N) is 1. The lowest BCUT2D eigenvalue weighted by Crippen LogP contribution is -2.46. The van der Waals surface area contributed by atoms with Gasteiger partial charge >= 0.3 is 5.69 Å². The van der Waals surface area contributed by atoms with Gasteiger partial charge in [-0.3, -0.25) is 18.7 Å². The molecule has 1 saturated heterocycles. The van der Waals surface area contributed by atoms with Crippen LogP contribution in [-0.4, -0.2) is 51.0 Å². The largest absolute Gasteiger partial charge is 0.349 e. The third-order valence-corrected chi connectivity index (χ3v) is 11.3. The van der Waals surface area contributed by atoms with Crippen molar-refractivity contribution in [3.63, 3.8) is 0 Å². The fourth-order valence-corrected chi connectivity index (χ4v) is 8.60. The number of hydrogen-bond acceptors (Lipinski definition) is 8. The van der Waals surface area contributed by atoms with Gasteiger partial charge in [-0.25, -0.2) is 27.6 Å². The number of halogens is 1. The highest BCUT2D eigenvalue weighted by atomic mass is 32.2. The molecule has 44 heavy (non-hydrogen) atoms. The van der Waals surface area contributed by atoms with Crippen LogP contribution < -0.4 is 16.6 Å². The molecule has 230 valence electrons. The Hall–Kier alpha value is -3.84. The normalized spacial score (nSPS) is 19.6. The maximum Gasteiger partial charge on any atom is 0.333 e. The van der Waals surface area contributed by atoms with Crippen LogP contribution in [0.1, 0.15) is 66.5 Å².